The van der Waals surface area contributed by atoms with Crippen LogP contribution >= 0.6 is 0 Å². The topological polar surface area (TPSA) is 6.48 Å². The Hall–Kier alpha value is -1.02. The Morgan fingerprint density at radius 2 is 2.00 bits per heavy atom. The molecule has 1 aromatic carbocycles. The van der Waals surface area contributed by atoms with Crippen molar-refractivity contribution in [3.8, 4) is 0 Å². The molecule has 1 saturated heterocycles. The number of rotatable bonds is 5. The fraction of sp³-hybridized carbons (Fsp3) is 0.625. The standard InChI is InChI=1S/C16H26N2/c1-3-18-13-8-7-11-16(18)12-14-17(2)15-9-5-4-6-10-15/h4-6,9-10,16H,3,7-8,11-14H2,1-2H3. The molecule has 1 aromatic rings. The summed E-state index contributed by atoms with van der Waals surface area (Å²) in [6.07, 6.45) is 5.48. The Bertz CT molecular complexity index is 336. The largest absolute Gasteiger partial charge is 0.375 e. The molecule has 0 aliphatic carbocycles. The summed E-state index contributed by atoms with van der Waals surface area (Å²) in [5.74, 6) is 0. The first-order valence-corrected chi connectivity index (χ1v) is 7.31. The van der Waals surface area contributed by atoms with Crippen LogP contribution in [0.5, 0.6) is 0 Å². The van der Waals surface area contributed by atoms with E-state index in [1.54, 1.807) is 0 Å². The molecule has 0 aromatic heterocycles. The van der Waals surface area contributed by atoms with E-state index in [-0.39, 0.29) is 0 Å². The van der Waals surface area contributed by atoms with Crippen LogP contribution in [0.1, 0.15) is 32.6 Å². The minimum absolute atomic E-state index is 0.801. The lowest BCUT2D eigenvalue weighted by atomic mass is 9.99. The van der Waals surface area contributed by atoms with Crippen LogP contribution in [0.2, 0.25) is 0 Å². The number of para-hydroxylation sites is 1. The van der Waals surface area contributed by atoms with Crippen LogP contribution in [-0.4, -0.2) is 37.6 Å². The van der Waals surface area contributed by atoms with Crippen LogP contribution in [-0.2, 0) is 0 Å². The van der Waals surface area contributed by atoms with Crippen LogP contribution < -0.4 is 4.90 Å². The molecule has 18 heavy (non-hydrogen) atoms. The lowest BCUT2D eigenvalue weighted by Crippen LogP contribution is -2.41. The van der Waals surface area contributed by atoms with Gasteiger partial charge in [-0.25, -0.2) is 0 Å². The Labute approximate surface area is 112 Å². The number of piperidine rings is 1. The molecule has 0 spiro atoms. The van der Waals surface area contributed by atoms with Crippen molar-refractivity contribution in [2.24, 2.45) is 0 Å². The van der Waals surface area contributed by atoms with Crippen LogP contribution in [0.25, 0.3) is 0 Å². The summed E-state index contributed by atoms with van der Waals surface area (Å²) >= 11 is 0. The summed E-state index contributed by atoms with van der Waals surface area (Å²) in [6.45, 7) is 5.96. The molecule has 0 saturated carbocycles. The SMILES string of the molecule is CCN1CCCCC1CCN(C)c1ccccc1. The molecule has 1 aliphatic rings. The van der Waals surface area contributed by atoms with Crippen molar-refractivity contribution < 1.29 is 0 Å². The highest BCUT2D eigenvalue weighted by Gasteiger charge is 2.20. The van der Waals surface area contributed by atoms with Gasteiger partial charge in [-0.2, -0.15) is 0 Å². The molecule has 0 amide bonds. The van der Waals surface area contributed by atoms with Gasteiger partial charge in [0, 0.05) is 25.3 Å². The van der Waals surface area contributed by atoms with E-state index in [1.165, 1.54) is 44.5 Å². The van der Waals surface area contributed by atoms with Crippen LogP contribution in [0.4, 0.5) is 5.69 Å². The summed E-state index contributed by atoms with van der Waals surface area (Å²) in [7, 11) is 2.20. The highest BCUT2D eigenvalue weighted by molar-refractivity contribution is 5.44. The van der Waals surface area contributed by atoms with E-state index >= 15 is 0 Å². The molecular formula is C16H26N2. The quantitative estimate of drug-likeness (QED) is 0.786. The van der Waals surface area contributed by atoms with Crippen LogP contribution in [0.15, 0.2) is 30.3 Å². The van der Waals surface area contributed by atoms with E-state index in [0.717, 1.165) is 12.6 Å². The van der Waals surface area contributed by atoms with Gasteiger partial charge in [-0.15, -0.1) is 0 Å². The van der Waals surface area contributed by atoms with E-state index in [2.05, 4.69) is 54.1 Å². The summed E-state index contributed by atoms with van der Waals surface area (Å²) in [5, 5.41) is 0. The Morgan fingerprint density at radius 3 is 2.72 bits per heavy atom. The van der Waals surface area contributed by atoms with Gasteiger partial charge in [0.2, 0.25) is 0 Å². The molecule has 100 valence electrons. The van der Waals surface area contributed by atoms with Crippen molar-refractivity contribution >= 4 is 5.69 Å². The Morgan fingerprint density at radius 1 is 1.22 bits per heavy atom. The first kappa shape index (κ1) is 13.4. The zero-order valence-electron chi connectivity index (χ0n) is 11.8. The normalized spacial score (nSPS) is 20.9. The van der Waals surface area contributed by atoms with E-state index in [9.17, 15) is 0 Å². The third-order valence-electron chi connectivity index (χ3n) is 4.15. The molecular weight excluding hydrogens is 220 g/mol. The maximum Gasteiger partial charge on any atom is 0.0363 e. The van der Waals surface area contributed by atoms with Gasteiger partial charge in [0.15, 0.2) is 0 Å². The molecule has 0 bridgehead atoms. The molecule has 1 atom stereocenters. The first-order valence-electron chi connectivity index (χ1n) is 7.31. The van der Waals surface area contributed by atoms with Crippen molar-refractivity contribution in [1.29, 1.82) is 0 Å². The van der Waals surface area contributed by atoms with Gasteiger partial charge in [-0.1, -0.05) is 31.5 Å². The number of nitrogens with zero attached hydrogens (tertiary/aromatic N) is 2. The highest BCUT2D eigenvalue weighted by atomic mass is 15.2. The molecule has 0 radical (unpaired) electrons. The fourth-order valence-corrected chi connectivity index (χ4v) is 2.96. The summed E-state index contributed by atoms with van der Waals surface area (Å²) in [6, 6.07) is 11.5. The predicted octanol–water partition coefficient (Wildman–Crippen LogP) is 3.39. The van der Waals surface area contributed by atoms with Crippen molar-refractivity contribution in [3.63, 3.8) is 0 Å². The van der Waals surface area contributed by atoms with Crippen molar-refractivity contribution in [2.45, 2.75) is 38.6 Å². The third kappa shape index (κ3) is 3.49. The average molecular weight is 246 g/mol. The lowest BCUT2D eigenvalue weighted by Gasteiger charge is -2.36. The van der Waals surface area contributed by atoms with Crippen molar-refractivity contribution in [3.05, 3.63) is 30.3 Å². The zero-order valence-corrected chi connectivity index (χ0v) is 11.8. The molecule has 1 fully saturated rings. The minimum Gasteiger partial charge on any atom is -0.375 e. The van der Waals surface area contributed by atoms with Gasteiger partial charge in [-0.3, -0.25) is 0 Å². The third-order valence-corrected chi connectivity index (χ3v) is 4.15. The Kier molecular flexibility index (Phi) is 5.06. The number of likely N-dealkylation sites (tertiary alicyclic amines) is 1. The molecule has 2 heteroatoms. The predicted molar refractivity (Wildman–Crippen MR) is 79.2 cm³/mol. The monoisotopic (exact) mass is 246 g/mol. The molecule has 1 unspecified atom stereocenters. The molecule has 2 nitrogen and oxygen atoms in total. The van der Waals surface area contributed by atoms with Crippen molar-refractivity contribution in [1.82, 2.24) is 4.90 Å². The number of hydrogen-bond acceptors (Lipinski definition) is 2. The van der Waals surface area contributed by atoms with E-state index < -0.39 is 0 Å². The van der Waals surface area contributed by atoms with Gasteiger partial charge in [-0.05, 0) is 44.5 Å². The lowest BCUT2D eigenvalue weighted by molar-refractivity contribution is 0.149. The fourth-order valence-electron chi connectivity index (χ4n) is 2.96. The van der Waals surface area contributed by atoms with Gasteiger partial charge < -0.3 is 9.80 Å². The van der Waals surface area contributed by atoms with Gasteiger partial charge in [0.05, 0.1) is 0 Å². The van der Waals surface area contributed by atoms with Gasteiger partial charge in [0.25, 0.3) is 0 Å². The van der Waals surface area contributed by atoms with Crippen LogP contribution in [0, 0.1) is 0 Å². The molecule has 1 aliphatic heterocycles. The second-order valence-electron chi connectivity index (χ2n) is 5.32. The number of hydrogen-bond donors (Lipinski definition) is 0. The first-order chi connectivity index (χ1) is 8.81. The minimum atomic E-state index is 0.801. The van der Waals surface area contributed by atoms with Gasteiger partial charge >= 0.3 is 0 Å². The molecule has 0 N–H and O–H groups in total. The van der Waals surface area contributed by atoms with Gasteiger partial charge in [0.1, 0.15) is 0 Å². The number of benzene rings is 1. The van der Waals surface area contributed by atoms with E-state index in [1.807, 2.05) is 0 Å². The second-order valence-corrected chi connectivity index (χ2v) is 5.32. The second kappa shape index (κ2) is 6.79. The zero-order chi connectivity index (χ0) is 12.8. The summed E-state index contributed by atoms with van der Waals surface area (Å²) < 4.78 is 0. The summed E-state index contributed by atoms with van der Waals surface area (Å²) in [5.41, 5.74) is 1.33. The van der Waals surface area contributed by atoms with E-state index in [4.69, 9.17) is 0 Å². The van der Waals surface area contributed by atoms with E-state index in [0.29, 0.717) is 0 Å². The Balaban J connectivity index is 1.83. The molecule has 2 rings (SSSR count). The smallest absolute Gasteiger partial charge is 0.0363 e. The number of anilines is 1. The highest BCUT2D eigenvalue weighted by Crippen LogP contribution is 2.20. The van der Waals surface area contributed by atoms with Crippen LogP contribution in [0.3, 0.4) is 0 Å². The summed E-state index contributed by atoms with van der Waals surface area (Å²) in [4.78, 5) is 5.03. The molecule has 1 heterocycles. The average Bonchev–Trinajstić information content (AvgIpc) is 2.46. The maximum atomic E-state index is 2.66. The maximum absolute atomic E-state index is 2.66. The van der Waals surface area contributed by atoms with Crippen molar-refractivity contribution in [2.75, 3.05) is 31.6 Å².